The van der Waals surface area contributed by atoms with E-state index in [-0.39, 0.29) is 35.0 Å². The van der Waals surface area contributed by atoms with E-state index in [0.29, 0.717) is 23.7 Å². The van der Waals surface area contributed by atoms with Gasteiger partial charge in [-0.05, 0) is 61.2 Å². The highest BCUT2D eigenvalue weighted by Gasteiger charge is 2.63. The van der Waals surface area contributed by atoms with E-state index in [2.05, 4.69) is 41.5 Å². The summed E-state index contributed by atoms with van der Waals surface area (Å²) < 4.78 is 11.2. The van der Waals surface area contributed by atoms with Crippen LogP contribution in [-0.2, 0) is 19.1 Å². The third-order valence-electron chi connectivity index (χ3n) is 10.6. The second-order valence-electron chi connectivity index (χ2n) is 11.9. The lowest BCUT2D eigenvalue weighted by atomic mass is 9.70. The van der Waals surface area contributed by atoms with E-state index in [1.54, 1.807) is 0 Å². The van der Waals surface area contributed by atoms with Gasteiger partial charge in [-0.3, -0.25) is 9.59 Å². The second-order valence-corrected chi connectivity index (χ2v) is 11.9. The average molecular weight is 421 g/mol. The van der Waals surface area contributed by atoms with E-state index in [0.717, 1.165) is 24.7 Å². The molecule has 0 amide bonds. The number of fused-ring (bicyclic) bond motifs is 4. The summed E-state index contributed by atoms with van der Waals surface area (Å²) in [5.74, 6) is 1.42. The molecule has 0 aromatic rings. The van der Waals surface area contributed by atoms with E-state index in [1.165, 1.54) is 25.7 Å². The van der Waals surface area contributed by atoms with Crippen LogP contribution in [0.25, 0.3) is 0 Å². The predicted molar refractivity (Wildman–Crippen MR) is 119 cm³/mol. The van der Waals surface area contributed by atoms with E-state index in [1.807, 2.05) is 13.8 Å². The monoisotopic (exact) mass is 420 g/mol. The van der Waals surface area contributed by atoms with Gasteiger partial charge in [0.2, 0.25) is 0 Å². The Balaban J connectivity index is 0.000000171. The Morgan fingerprint density at radius 2 is 1.03 bits per heavy atom. The van der Waals surface area contributed by atoms with Gasteiger partial charge in [-0.15, -0.1) is 0 Å². The van der Waals surface area contributed by atoms with Crippen molar-refractivity contribution in [3.8, 4) is 0 Å². The second kappa shape index (κ2) is 7.81. The molecule has 4 bridgehead atoms. The minimum Gasteiger partial charge on any atom is -0.462 e. The molecule has 30 heavy (non-hydrogen) atoms. The van der Waals surface area contributed by atoms with Crippen LogP contribution < -0.4 is 0 Å². The van der Waals surface area contributed by atoms with Crippen molar-refractivity contribution in [2.24, 2.45) is 33.5 Å². The first kappa shape index (κ1) is 23.6. The summed E-state index contributed by atoms with van der Waals surface area (Å²) in [5.41, 5.74) is 1.10. The molecule has 0 saturated heterocycles. The lowest BCUT2D eigenvalue weighted by molar-refractivity contribution is -0.157. The van der Waals surface area contributed by atoms with Gasteiger partial charge >= 0.3 is 11.9 Å². The zero-order valence-electron chi connectivity index (χ0n) is 20.6. The Labute approximate surface area is 183 Å². The first-order valence-electron chi connectivity index (χ1n) is 12.2. The van der Waals surface area contributed by atoms with Gasteiger partial charge in [0.15, 0.2) is 0 Å². The van der Waals surface area contributed by atoms with Crippen molar-refractivity contribution < 1.29 is 19.1 Å². The summed E-state index contributed by atoms with van der Waals surface area (Å²) in [7, 11) is 0. The highest BCUT2D eigenvalue weighted by molar-refractivity contribution is 5.69. The molecule has 0 spiro atoms. The summed E-state index contributed by atoms with van der Waals surface area (Å²) in [4.78, 5) is 22.8. The van der Waals surface area contributed by atoms with Crippen LogP contribution in [0.15, 0.2) is 0 Å². The predicted octanol–water partition coefficient (Wildman–Crippen LogP) is 6.31. The topological polar surface area (TPSA) is 52.6 Å². The van der Waals surface area contributed by atoms with Gasteiger partial charge in [-0.25, -0.2) is 0 Å². The molecule has 6 atom stereocenters. The molecule has 4 saturated carbocycles. The molecular formula is C26H44O4. The van der Waals surface area contributed by atoms with Crippen LogP contribution in [0.3, 0.4) is 0 Å². The highest BCUT2D eigenvalue weighted by Crippen LogP contribution is 2.67. The SMILES string of the molecule is CCC(=O)OC1CC2CCC1(C)C2(C)C.CCC(=O)OC1CC2CCC1(C)C2(C)C. The van der Waals surface area contributed by atoms with E-state index in [9.17, 15) is 9.59 Å². The van der Waals surface area contributed by atoms with Gasteiger partial charge in [0.25, 0.3) is 0 Å². The highest BCUT2D eigenvalue weighted by atomic mass is 16.5. The molecule has 0 radical (unpaired) electrons. The first-order chi connectivity index (χ1) is 13.8. The van der Waals surface area contributed by atoms with Crippen molar-refractivity contribution in [3.05, 3.63) is 0 Å². The zero-order valence-corrected chi connectivity index (χ0v) is 20.6. The molecule has 4 aliphatic rings. The van der Waals surface area contributed by atoms with Crippen molar-refractivity contribution in [1.29, 1.82) is 0 Å². The zero-order chi connectivity index (χ0) is 22.5. The van der Waals surface area contributed by atoms with Crippen LogP contribution in [0.1, 0.15) is 107 Å². The third kappa shape index (κ3) is 3.41. The number of esters is 2. The van der Waals surface area contributed by atoms with E-state index < -0.39 is 0 Å². The molecule has 4 rings (SSSR count). The van der Waals surface area contributed by atoms with Crippen LogP contribution in [0, 0.1) is 33.5 Å². The fourth-order valence-corrected chi connectivity index (χ4v) is 7.10. The Morgan fingerprint density at radius 1 is 0.700 bits per heavy atom. The third-order valence-corrected chi connectivity index (χ3v) is 10.6. The molecule has 172 valence electrons. The van der Waals surface area contributed by atoms with Crippen LogP contribution in [0.4, 0.5) is 0 Å². The van der Waals surface area contributed by atoms with Gasteiger partial charge in [0.05, 0.1) is 0 Å². The minimum atomic E-state index is -0.0374. The maximum absolute atomic E-state index is 11.4. The number of hydrogen-bond acceptors (Lipinski definition) is 4. The molecule has 4 fully saturated rings. The van der Waals surface area contributed by atoms with Gasteiger partial charge in [0, 0.05) is 23.7 Å². The molecule has 0 aromatic heterocycles. The molecule has 4 nitrogen and oxygen atoms in total. The normalized spacial score (nSPS) is 41.9. The fraction of sp³-hybridized carbons (Fsp3) is 0.923. The molecule has 0 aromatic carbocycles. The molecule has 6 unspecified atom stereocenters. The van der Waals surface area contributed by atoms with Gasteiger partial charge < -0.3 is 9.47 Å². The van der Waals surface area contributed by atoms with Crippen molar-refractivity contribution in [3.63, 3.8) is 0 Å². The number of hydrogen-bond donors (Lipinski definition) is 0. The molecule has 4 heteroatoms. The Morgan fingerprint density at radius 3 is 1.23 bits per heavy atom. The summed E-state index contributed by atoms with van der Waals surface area (Å²) >= 11 is 0. The van der Waals surface area contributed by atoms with E-state index >= 15 is 0 Å². The summed E-state index contributed by atoms with van der Waals surface area (Å²) in [6.45, 7) is 17.7. The van der Waals surface area contributed by atoms with Crippen LogP contribution in [0.2, 0.25) is 0 Å². The Kier molecular flexibility index (Phi) is 6.15. The van der Waals surface area contributed by atoms with Gasteiger partial charge in [0.1, 0.15) is 12.2 Å². The van der Waals surface area contributed by atoms with Crippen LogP contribution in [0.5, 0.6) is 0 Å². The minimum absolute atomic E-state index is 0.0374. The smallest absolute Gasteiger partial charge is 0.305 e. The van der Waals surface area contributed by atoms with E-state index in [4.69, 9.17) is 9.47 Å². The number of carbonyl (C=O) groups is 2. The molecule has 0 aliphatic heterocycles. The van der Waals surface area contributed by atoms with Gasteiger partial charge in [-0.2, -0.15) is 0 Å². The molecule has 4 aliphatic carbocycles. The lowest BCUT2D eigenvalue weighted by Gasteiger charge is -2.38. The summed E-state index contributed by atoms with van der Waals surface area (Å²) in [6.07, 6.45) is 8.53. The van der Waals surface area contributed by atoms with Gasteiger partial charge in [-0.1, -0.05) is 55.4 Å². The Bertz CT molecular complexity index is 623. The maximum Gasteiger partial charge on any atom is 0.305 e. The molecule has 0 N–H and O–H groups in total. The van der Waals surface area contributed by atoms with Crippen LogP contribution in [-0.4, -0.2) is 24.1 Å². The first-order valence-corrected chi connectivity index (χ1v) is 12.2. The maximum atomic E-state index is 11.4. The largest absolute Gasteiger partial charge is 0.462 e. The standard InChI is InChI=1S/2C13H22O2/c2*1-5-11(14)15-10-8-9-6-7-13(10,4)12(9,2)3/h2*9-10H,5-8H2,1-4H3. The Hall–Kier alpha value is -1.06. The number of ether oxygens (including phenoxy) is 2. The number of rotatable bonds is 4. The van der Waals surface area contributed by atoms with Crippen LogP contribution >= 0.6 is 0 Å². The lowest BCUT2D eigenvalue weighted by Crippen LogP contribution is -2.38. The molecule has 0 heterocycles. The quantitative estimate of drug-likeness (QED) is 0.500. The average Bonchev–Trinajstić information content (AvgIpc) is 3.20. The summed E-state index contributed by atoms with van der Waals surface area (Å²) in [5, 5.41) is 0. The summed E-state index contributed by atoms with van der Waals surface area (Å²) in [6, 6.07) is 0. The number of carbonyl (C=O) groups excluding carboxylic acids is 2. The van der Waals surface area contributed by atoms with Crippen molar-refractivity contribution >= 4 is 11.9 Å². The van der Waals surface area contributed by atoms with Crippen molar-refractivity contribution in [2.75, 3.05) is 0 Å². The fourth-order valence-electron chi connectivity index (χ4n) is 7.10. The van der Waals surface area contributed by atoms with Crippen molar-refractivity contribution in [2.45, 2.75) is 119 Å². The molecular weight excluding hydrogens is 376 g/mol. The van der Waals surface area contributed by atoms with Crippen molar-refractivity contribution in [1.82, 2.24) is 0 Å².